The molecule has 0 unspecified atom stereocenters. The first-order valence-corrected chi connectivity index (χ1v) is 5.73. The standard InChI is InChI=1S/C14H10FN3/c15-13-7-12(6-5-10(13)8-16)18-14-4-2-1-3-11(14)9-17-18/h1,3,5-7,9H,2,4H2. The molecule has 1 aliphatic carbocycles. The smallest absolute Gasteiger partial charge is 0.143 e. The highest BCUT2D eigenvalue weighted by atomic mass is 19.1. The van der Waals surface area contributed by atoms with Gasteiger partial charge in [-0.05, 0) is 25.0 Å². The van der Waals surface area contributed by atoms with Gasteiger partial charge in [0.25, 0.3) is 0 Å². The Morgan fingerprint density at radius 2 is 2.28 bits per heavy atom. The Balaban J connectivity index is 2.11. The molecule has 1 heterocycles. The molecule has 4 heteroatoms. The van der Waals surface area contributed by atoms with E-state index in [1.165, 1.54) is 12.1 Å². The summed E-state index contributed by atoms with van der Waals surface area (Å²) in [4.78, 5) is 0. The number of fused-ring (bicyclic) bond motifs is 1. The third-order valence-electron chi connectivity index (χ3n) is 3.06. The topological polar surface area (TPSA) is 41.6 Å². The molecule has 88 valence electrons. The van der Waals surface area contributed by atoms with Crippen molar-refractivity contribution < 1.29 is 4.39 Å². The summed E-state index contributed by atoms with van der Waals surface area (Å²) in [6, 6.07) is 6.36. The molecule has 0 amide bonds. The van der Waals surface area contributed by atoms with E-state index in [1.807, 2.05) is 12.1 Å². The van der Waals surface area contributed by atoms with Crippen LogP contribution in [0.3, 0.4) is 0 Å². The molecule has 0 aliphatic heterocycles. The van der Waals surface area contributed by atoms with Crippen molar-refractivity contribution in [2.75, 3.05) is 0 Å². The molecular formula is C14H10FN3. The van der Waals surface area contributed by atoms with Crippen LogP contribution in [0.2, 0.25) is 0 Å². The summed E-state index contributed by atoms with van der Waals surface area (Å²) in [5.74, 6) is -0.509. The predicted octanol–water partition coefficient (Wildman–Crippen LogP) is 2.84. The number of allylic oxidation sites excluding steroid dienone is 1. The molecule has 1 aromatic carbocycles. The zero-order valence-corrected chi connectivity index (χ0v) is 9.60. The van der Waals surface area contributed by atoms with E-state index in [0.717, 1.165) is 24.1 Å². The van der Waals surface area contributed by atoms with Crippen LogP contribution in [0.4, 0.5) is 4.39 Å². The van der Waals surface area contributed by atoms with E-state index < -0.39 is 5.82 Å². The van der Waals surface area contributed by atoms with Gasteiger partial charge in [0.2, 0.25) is 0 Å². The highest BCUT2D eigenvalue weighted by molar-refractivity contribution is 5.55. The van der Waals surface area contributed by atoms with Crippen LogP contribution in [0, 0.1) is 17.1 Å². The first kappa shape index (κ1) is 10.7. The van der Waals surface area contributed by atoms with E-state index in [-0.39, 0.29) is 5.56 Å². The molecule has 0 atom stereocenters. The van der Waals surface area contributed by atoms with E-state index in [1.54, 1.807) is 16.9 Å². The lowest BCUT2D eigenvalue weighted by atomic mass is 10.1. The number of nitrogens with zero attached hydrogens (tertiary/aromatic N) is 3. The Bertz CT molecular complexity index is 677. The van der Waals surface area contributed by atoms with E-state index in [4.69, 9.17) is 5.26 Å². The minimum absolute atomic E-state index is 0.0552. The summed E-state index contributed by atoms with van der Waals surface area (Å²) in [7, 11) is 0. The second-order valence-electron chi connectivity index (χ2n) is 4.18. The maximum Gasteiger partial charge on any atom is 0.143 e. The van der Waals surface area contributed by atoms with E-state index in [2.05, 4.69) is 11.2 Å². The van der Waals surface area contributed by atoms with Crippen molar-refractivity contribution in [3.05, 3.63) is 53.1 Å². The average Bonchev–Trinajstić information content (AvgIpc) is 2.82. The third kappa shape index (κ3) is 1.61. The first-order valence-electron chi connectivity index (χ1n) is 5.73. The molecule has 1 aliphatic rings. The van der Waals surface area contributed by atoms with Gasteiger partial charge < -0.3 is 0 Å². The SMILES string of the molecule is N#Cc1ccc(-n2ncc3c2CCC=C3)cc1F. The van der Waals surface area contributed by atoms with Crippen molar-refractivity contribution in [1.29, 1.82) is 5.26 Å². The Hall–Kier alpha value is -2.41. The number of halogens is 1. The molecule has 0 spiro atoms. The summed E-state index contributed by atoms with van der Waals surface area (Å²) >= 11 is 0. The van der Waals surface area contributed by atoms with Gasteiger partial charge in [0.15, 0.2) is 0 Å². The lowest BCUT2D eigenvalue weighted by Gasteiger charge is -2.10. The average molecular weight is 239 g/mol. The second kappa shape index (κ2) is 4.11. The molecule has 3 nitrogen and oxygen atoms in total. The molecule has 0 radical (unpaired) electrons. The molecule has 0 bridgehead atoms. The zero-order chi connectivity index (χ0) is 12.5. The van der Waals surface area contributed by atoms with Crippen LogP contribution in [-0.4, -0.2) is 9.78 Å². The molecule has 0 saturated heterocycles. The van der Waals surface area contributed by atoms with Crippen LogP contribution in [0.15, 0.2) is 30.5 Å². The Morgan fingerprint density at radius 3 is 3.06 bits per heavy atom. The van der Waals surface area contributed by atoms with Gasteiger partial charge in [0.1, 0.15) is 11.9 Å². The summed E-state index contributed by atoms with van der Waals surface area (Å²) in [5.41, 5.74) is 2.87. The van der Waals surface area contributed by atoms with E-state index in [9.17, 15) is 4.39 Å². The summed E-state index contributed by atoms with van der Waals surface area (Å²) < 4.78 is 15.3. The Morgan fingerprint density at radius 1 is 1.39 bits per heavy atom. The van der Waals surface area contributed by atoms with Gasteiger partial charge in [0.05, 0.1) is 23.1 Å². The fourth-order valence-corrected chi connectivity index (χ4v) is 2.16. The van der Waals surface area contributed by atoms with Crippen LogP contribution < -0.4 is 0 Å². The Kier molecular flexibility index (Phi) is 2.45. The molecule has 0 N–H and O–H groups in total. The number of hydrogen-bond donors (Lipinski definition) is 0. The van der Waals surface area contributed by atoms with Crippen LogP contribution >= 0.6 is 0 Å². The van der Waals surface area contributed by atoms with E-state index in [0.29, 0.717) is 5.69 Å². The first-order chi connectivity index (χ1) is 8.79. The van der Waals surface area contributed by atoms with Crippen LogP contribution in [0.25, 0.3) is 11.8 Å². The molecule has 0 fully saturated rings. The zero-order valence-electron chi connectivity index (χ0n) is 9.60. The number of benzene rings is 1. The largest absolute Gasteiger partial charge is 0.237 e. The fourth-order valence-electron chi connectivity index (χ4n) is 2.16. The quantitative estimate of drug-likeness (QED) is 0.767. The van der Waals surface area contributed by atoms with Gasteiger partial charge >= 0.3 is 0 Å². The van der Waals surface area contributed by atoms with Gasteiger partial charge in [0, 0.05) is 11.6 Å². The highest BCUT2D eigenvalue weighted by Crippen LogP contribution is 2.22. The normalized spacial score (nSPS) is 13.1. The monoisotopic (exact) mass is 239 g/mol. The van der Waals surface area contributed by atoms with Crippen molar-refractivity contribution >= 4 is 6.08 Å². The lowest BCUT2D eigenvalue weighted by Crippen LogP contribution is -2.05. The predicted molar refractivity (Wildman–Crippen MR) is 65.6 cm³/mol. The molecule has 18 heavy (non-hydrogen) atoms. The molecule has 1 aromatic heterocycles. The summed E-state index contributed by atoms with van der Waals surface area (Å²) in [5, 5.41) is 13.0. The minimum Gasteiger partial charge on any atom is -0.237 e. The van der Waals surface area contributed by atoms with Gasteiger partial charge in [-0.15, -0.1) is 0 Å². The van der Waals surface area contributed by atoms with Crippen molar-refractivity contribution in [2.24, 2.45) is 0 Å². The van der Waals surface area contributed by atoms with Crippen molar-refractivity contribution in [2.45, 2.75) is 12.8 Å². The van der Waals surface area contributed by atoms with Gasteiger partial charge in [-0.3, -0.25) is 0 Å². The fraction of sp³-hybridized carbons (Fsp3) is 0.143. The second-order valence-corrected chi connectivity index (χ2v) is 4.18. The van der Waals surface area contributed by atoms with Crippen molar-refractivity contribution in [3.63, 3.8) is 0 Å². The summed E-state index contributed by atoms with van der Waals surface area (Å²) in [6.07, 6.45) is 7.78. The molecule has 2 aromatic rings. The maximum atomic E-state index is 13.6. The Labute approximate surface area is 104 Å². The van der Waals surface area contributed by atoms with Crippen molar-refractivity contribution in [1.82, 2.24) is 9.78 Å². The van der Waals surface area contributed by atoms with Gasteiger partial charge in [-0.1, -0.05) is 12.2 Å². The third-order valence-corrected chi connectivity index (χ3v) is 3.06. The van der Waals surface area contributed by atoms with Gasteiger partial charge in [-0.25, -0.2) is 9.07 Å². The molecular weight excluding hydrogens is 229 g/mol. The maximum absolute atomic E-state index is 13.6. The highest BCUT2D eigenvalue weighted by Gasteiger charge is 2.13. The van der Waals surface area contributed by atoms with Crippen LogP contribution in [0.1, 0.15) is 23.2 Å². The number of hydrogen-bond acceptors (Lipinski definition) is 2. The van der Waals surface area contributed by atoms with Crippen LogP contribution in [-0.2, 0) is 6.42 Å². The van der Waals surface area contributed by atoms with Gasteiger partial charge in [-0.2, -0.15) is 10.4 Å². The summed E-state index contributed by atoms with van der Waals surface area (Å²) in [6.45, 7) is 0. The molecule has 0 saturated carbocycles. The van der Waals surface area contributed by atoms with Crippen molar-refractivity contribution in [3.8, 4) is 11.8 Å². The number of rotatable bonds is 1. The van der Waals surface area contributed by atoms with E-state index >= 15 is 0 Å². The molecule has 3 rings (SSSR count). The minimum atomic E-state index is -0.509. The number of aromatic nitrogens is 2. The van der Waals surface area contributed by atoms with Crippen LogP contribution in [0.5, 0.6) is 0 Å². The lowest BCUT2D eigenvalue weighted by molar-refractivity contribution is 0.620. The number of nitriles is 1.